The zero-order valence-electron chi connectivity index (χ0n) is 27.0. The van der Waals surface area contributed by atoms with Crippen LogP contribution in [0.1, 0.15) is 77.1 Å². The molecular formula is C37H34O13. The van der Waals surface area contributed by atoms with Crippen LogP contribution in [-0.4, -0.2) is 96.8 Å². The Labute approximate surface area is 284 Å². The van der Waals surface area contributed by atoms with Crippen LogP contribution in [0.5, 0.6) is 34.5 Å². The van der Waals surface area contributed by atoms with Gasteiger partial charge in [0, 0.05) is 24.0 Å². The van der Waals surface area contributed by atoms with E-state index in [4.69, 9.17) is 14.2 Å². The van der Waals surface area contributed by atoms with Gasteiger partial charge in [-0.25, -0.2) is 0 Å². The van der Waals surface area contributed by atoms with Gasteiger partial charge in [0.15, 0.2) is 0 Å². The number of carbonyl (C=O) groups excluding carboxylic acids is 2. The Morgan fingerprint density at radius 2 is 1.14 bits per heavy atom. The van der Waals surface area contributed by atoms with E-state index in [1.54, 1.807) is 32.0 Å². The third-order valence-electron chi connectivity index (χ3n) is 9.73. The fourth-order valence-electron chi connectivity index (χ4n) is 7.60. The molecule has 4 aromatic rings. The highest BCUT2D eigenvalue weighted by Crippen LogP contribution is 2.57. The number of aromatic hydroxyl groups is 4. The minimum absolute atomic E-state index is 0.0802. The third kappa shape index (κ3) is 4.96. The van der Waals surface area contributed by atoms with Crippen molar-refractivity contribution in [1.82, 2.24) is 0 Å². The van der Waals surface area contributed by atoms with Crippen LogP contribution in [0.2, 0.25) is 0 Å². The Morgan fingerprint density at radius 3 is 1.68 bits per heavy atom. The average molecular weight is 687 g/mol. The van der Waals surface area contributed by atoms with E-state index in [1.807, 2.05) is 0 Å². The molecule has 260 valence electrons. The third-order valence-corrected chi connectivity index (χ3v) is 9.73. The van der Waals surface area contributed by atoms with Gasteiger partial charge in [-0.05, 0) is 71.5 Å². The number of ketones is 2. The van der Waals surface area contributed by atoms with Crippen molar-refractivity contribution in [2.24, 2.45) is 0 Å². The second kappa shape index (κ2) is 12.0. The van der Waals surface area contributed by atoms with Crippen LogP contribution < -0.4 is 9.47 Å². The molecule has 1 saturated heterocycles. The number of phenolic OH excluding ortho intramolecular Hbond substituents is 4. The molecule has 1 aliphatic heterocycles. The van der Waals surface area contributed by atoms with E-state index in [1.165, 1.54) is 31.4 Å². The number of aryl methyl sites for hydroxylation is 2. The number of hydrogen-bond acceptors (Lipinski definition) is 13. The molecule has 8 N–H and O–H groups in total. The van der Waals surface area contributed by atoms with Gasteiger partial charge in [0.05, 0.1) is 36.0 Å². The molecule has 13 nitrogen and oxygen atoms in total. The molecule has 7 atom stereocenters. The lowest BCUT2D eigenvalue weighted by Gasteiger charge is -2.41. The molecule has 0 amide bonds. The average Bonchev–Trinajstić information content (AvgIpc) is 3.04. The predicted octanol–water partition coefficient (Wildman–Crippen LogP) is 2.37. The predicted molar refractivity (Wildman–Crippen MR) is 173 cm³/mol. The van der Waals surface area contributed by atoms with Crippen LogP contribution in [0.25, 0.3) is 0 Å². The maximum atomic E-state index is 14.5. The lowest BCUT2D eigenvalue weighted by Crippen LogP contribution is -2.60. The molecule has 1 heterocycles. The summed E-state index contributed by atoms with van der Waals surface area (Å²) in [5.74, 6) is -4.97. The molecule has 2 aliphatic carbocycles. The van der Waals surface area contributed by atoms with Crippen LogP contribution in [-0.2, 0) is 4.74 Å². The number of phenols is 4. The van der Waals surface area contributed by atoms with Gasteiger partial charge in [0.1, 0.15) is 58.9 Å². The summed E-state index contributed by atoms with van der Waals surface area (Å²) < 4.78 is 17.0. The number of carbonyl (C=O) groups is 2. The first kappa shape index (κ1) is 33.3. The molecule has 0 aromatic heterocycles. The molecule has 0 spiro atoms. The first-order valence-electron chi connectivity index (χ1n) is 15.8. The largest absolute Gasteiger partial charge is 0.508 e. The normalized spacial score (nSPS) is 25.3. The summed E-state index contributed by atoms with van der Waals surface area (Å²) in [7, 11) is 1.39. The number of aliphatic hydroxyl groups is 4. The zero-order valence-corrected chi connectivity index (χ0v) is 27.0. The van der Waals surface area contributed by atoms with Crippen molar-refractivity contribution in [3.05, 3.63) is 104 Å². The van der Waals surface area contributed by atoms with E-state index in [-0.39, 0.29) is 56.4 Å². The lowest BCUT2D eigenvalue weighted by molar-refractivity contribution is -0.277. The van der Waals surface area contributed by atoms with Crippen LogP contribution in [0, 0.1) is 13.8 Å². The van der Waals surface area contributed by atoms with E-state index in [0.717, 1.165) is 6.07 Å². The van der Waals surface area contributed by atoms with Crippen molar-refractivity contribution in [2.45, 2.75) is 56.4 Å². The summed E-state index contributed by atoms with van der Waals surface area (Å²) >= 11 is 0. The summed E-state index contributed by atoms with van der Waals surface area (Å²) in [4.78, 5) is 28.5. The number of ether oxygens (including phenoxy) is 3. The molecule has 50 heavy (non-hydrogen) atoms. The van der Waals surface area contributed by atoms with Crippen molar-refractivity contribution in [2.75, 3.05) is 13.7 Å². The van der Waals surface area contributed by atoms with Crippen molar-refractivity contribution in [3.8, 4) is 34.5 Å². The van der Waals surface area contributed by atoms with Crippen LogP contribution in [0.15, 0.2) is 48.5 Å². The molecule has 4 aromatic carbocycles. The second-order valence-corrected chi connectivity index (χ2v) is 12.9. The molecule has 3 aliphatic rings. The number of benzene rings is 4. The quantitative estimate of drug-likeness (QED) is 0.151. The number of rotatable bonds is 5. The van der Waals surface area contributed by atoms with Crippen LogP contribution >= 0.6 is 0 Å². The zero-order chi connectivity index (χ0) is 35.9. The smallest absolute Gasteiger partial charge is 0.229 e. The van der Waals surface area contributed by atoms with E-state index in [0.29, 0.717) is 22.3 Å². The Bertz CT molecular complexity index is 2090. The van der Waals surface area contributed by atoms with Gasteiger partial charge in [-0.2, -0.15) is 0 Å². The highest BCUT2D eigenvalue weighted by Gasteiger charge is 2.48. The first-order valence-corrected chi connectivity index (χ1v) is 15.8. The Balaban J connectivity index is 1.53. The number of methoxy groups -OCH3 is 1. The van der Waals surface area contributed by atoms with E-state index in [9.17, 15) is 50.4 Å². The standard InChI is InChI=1S/C37H34O13/c1-13-4-17-26(27-18-5-14(2)6-21(40)28(18)33(44)30-20(27)10-16(48-3)11-23(30)42)19-8-15(39)9-24(31(19)34(45)29(17)22(41)7-13)49-37-36(47)35(46)32(43)25(12-38)50-37/h4-11,25-27,32,35-43,46-47H,12H2,1-3H3/t25-,26+,27+,32-,35+,36-,37-/m1/s1. The summed E-state index contributed by atoms with van der Waals surface area (Å²) in [5.41, 5.74) is 1.77. The summed E-state index contributed by atoms with van der Waals surface area (Å²) in [6, 6.07) is 11.5. The van der Waals surface area contributed by atoms with Gasteiger partial charge in [0.2, 0.25) is 17.9 Å². The number of aliphatic hydroxyl groups excluding tert-OH is 4. The molecule has 7 rings (SSSR count). The van der Waals surface area contributed by atoms with Crippen molar-refractivity contribution in [1.29, 1.82) is 0 Å². The monoisotopic (exact) mass is 686 g/mol. The summed E-state index contributed by atoms with van der Waals surface area (Å²) in [5, 5.41) is 86.0. The maximum Gasteiger partial charge on any atom is 0.229 e. The second-order valence-electron chi connectivity index (χ2n) is 12.9. The van der Waals surface area contributed by atoms with Crippen molar-refractivity contribution >= 4 is 11.6 Å². The molecule has 0 unspecified atom stereocenters. The molecule has 0 saturated carbocycles. The fraction of sp³-hybridized carbons (Fsp3) is 0.297. The molecular weight excluding hydrogens is 652 g/mol. The maximum absolute atomic E-state index is 14.5. The molecule has 13 heteroatoms. The molecule has 0 radical (unpaired) electrons. The SMILES string of the molecule is COc1cc(O)c2c(c1)[C@@H]([C@H]1c3cc(C)cc(O)c3C(=O)c3c(O[C@@H]4O[C@H](CO)[C@@H](O)[C@H](O)[C@H]4O)cc(O)cc31)c1cc(C)cc(O)c1C2=O. The summed E-state index contributed by atoms with van der Waals surface area (Å²) in [6.45, 7) is 2.69. The van der Waals surface area contributed by atoms with Crippen molar-refractivity contribution < 1.29 is 64.7 Å². The van der Waals surface area contributed by atoms with Gasteiger partial charge in [-0.15, -0.1) is 0 Å². The number of hydrogen-bond donors (Lipinski definition) is 8. The molecule has 1 fully saturated rings. The summed E-state index contributed by atoms with van der Waals surface area (Å²) in [6.07, 6.45) is -8.41. The van der Waals surface area contributed by atoms with Gasteiger partial charge in [-0.3, -0.25) is 9.59 Å². The minimum Gasteiger partial charge on any atom is -0.508 e. The van der Waals surface area contributed by atoms with E-state index < -0.39 is 72.2 Å². The minimum atomic E-state index is -1.85. The van der Waals surface area contributed by atoms with Gasteiger partial charge in [-0.1, -0.05) is 12.1 Å². The van der Waals surface area contributed by atoms with Gasteiger partial charge in [0.25, 0.3) is 0 Å². The van der Waals surface area contributed by atoms with E-state index >= 15 is 0 Å². The highest BCUT2D eigenvalue weighted by molar-refractivity contribution is 6.18. The van der Waals surface area contributed by atoms with Crippen LogP contribution in [0.4, 0.5) is 0 Å². The topological polar surface area (TPSA) is 224 Å². The van der Waals surface area contributed by atoms with Crippen molar-refractivity contribution in [3.63, 3.8) is 0 Å². The fourth-order valence-corrected chi connectivity index (χ4v) is 7.60. The Kier molecular flexibility index (Phi) is 8.00. The highest BCUT2D eigenvalue weighted by atomic mass is 16.7. The molecule has 0 bridgehead atoms. The Morgan fingerprint density at radius 1 is 0.640 bits per heavy atom. The van der Waals surface area contributed by atoms with Gasteiger partial charge < -0.3 is 55.1 Å². The number of fused-ring (bicyclic) bond motifs is 4. The lowest BCUT2D eigenvalue weighted by atomic mass is 9.63. The van der Waals surface area contributed by atoms with Gasteiger partial charge >= 0.3 is 0 Å². The van der Waals surface area contributed by atoms with Crippen LogP contribution in [0.3, 0.4) is 0 Å². The first-order chi connectivity index (χ1) is 23.7. The van der Waals surface area contributed by atoms with E-state index in [2.05, 4.69) is 0 Å². The Hall–Kier alpha value is -5.18.